The second-order valence-corrected chi connectivity index (χ2v) is 15.4. The van der Waals surface area contributed by atoms with Crippen molar-refractivity contribution in [2.24, 2.45) is 0 Å². The molecule has 0 N–H and O–H groups in total. The number of rotatable bonds is 7. The summed E-state index contributed by atoms with van der Waals surface area (Å²) in [5.41, 5.74) is 12.2. The Morgan fingerprint density at radius 3 is 1.45 bits per heavy atom. The fraction of sp³-hybridized carbons (Fsp3) is 0. The van der Waals surface area contributed by atoms with E-state index in [4.69, 9.17) is 8.83 Å². The van der Waals surface area contributed by atoms with Gasteiger partial charge in [-0.2, -0.15) is 0 Å². The summed E-state index contributed by atoms with van der Waals surface area (Å²) in [6.07, 6.45) is 0. The maximum absolute atomic E-state index is 6.49. The molecule has 0 bridgehead atoms. The van der Waals surface area contributed by atoms with Gasteiger partial charge in [-0.25, -0.2) is 0 Å². The first-order chi connectivity index (χ1) is 29.7. The SMILES string of the molecule is c1ccc(-c2ccc(N(c3ccccc3)c3cccc(N(c4ccc5c(c4)oc4ccccc45)c4ccc5ccc6cc7oc8ccccc8c7cc6c5c4)c3)cc2)cc1. The first kappa shape index (κ1) is 34.0. The van der Waals surface area contributed by atoms with Gasteiger partial charge >= 0.3 is 0 Å². The Morgan fingerprint density at radius 1 is 0.233 bits per heavy atom. The topological polar surface area (TPSA) is 32.8 Å². The average molecular weight is 769 g/mol. The maximum Gasteiger partial charge on any atom is 0.137 e. The Bertz CT molecular complexity index is 3550. The van der Waals surface area contributed by atoms with Crippen LogP contribution in [0.25, 0.3) is 76.5 Å². The zero-order valence-electron chi connectivity index (χ0n) is 32.5. The minimum absolute atomic E-state index is 0.847. The predicted molar refractivity (Wildman–Crippen MR) is 251 cm³/mol. The van der Waals surface area contributed by atoms with Crippen LogP contribution >= 0.6 is 0 Å². The third-order valence-electron chi connectivity index (χ3n) is 11.8. The summed E-state index contributed by atoms with van der Waals surface area (Å²) in [7, 11) is 0. The lowest BCUT2D eigenvalue weighted by molar-refractivity contribution is 0.669. The van der Waals surface area contributed by atoms with E-state index in [1.54, 1.807) is 0 Å². The Labute approximate surface area is 346 Å². The second kappa shape index (κ2) is 13.8. The van der Waals surface area contributed by atoms with Crippen LogP contribution in [0.15, 0.2) is 227 Å². The predicted octanol–water partition coefficient (Wildman–Crippen LogP) is 16.4. The number of para-hydroxylation sites is 3. The van der Waals surface area contributed by atoms with Crippen LogP contribution < -0.4 is 9.80 Å². The summed E-state index contributed by atoms with van der Waals surface area (Å²) in [5, 5.41) is 9.12. The molecule has 4 heteroatoms. The summed E-state index contributed by atoms with van der Waals surface area (Å²) in [4.78, 5) is 4.68. The van der Waals surface area contributed by atoms with Crippen LogP contribution in [0.3, 0.4) is 0 Å². The third kappa shape index (κ3) is 5.69. The molecule has 0 radical (unpaired) electrons. The van der Waals surface area contributed by atoms with Crippen molar-refractivity contribution in [1.82, 2.24) is 0 Å². The number of fused-ring (bicyclic) bond motifs is 9. The minimum atomic E-state index is 0.847. The van der Waals surface area contributed by atoms with Crippen molar-refractivity contribution in [3.63, 3.8) is 0 Å². The van der Waals surface area contributed by atoms with Gasteiger partial charge in [0.25, 0.3) is 0 Å². The van der Waals surface area contributed by atoms with Gasteiger partial charge in [0.2, 0.25) is 0 Å². The number of furan rings is 2. The van der Waals surface area contributed by atoms with Crippen LogP contribution in [0.5, 0.6) is 0 Å². The average Bonchev–Trinajstić information content (AvgIpc) is 3.87. The molecule has 0 spiro atoms. The molecule has 0 amide bonds. The lowest BCUT2D eigenvalue weighted by atomic mass is 9.99. The Morgan fingerprint density at radius 2 is 0.700 bits per heavy atom. The maximum atomic E-state index is 6.49. The lowest BCUT2D eigenvalue weighted by Crippen LogP contribution is -2.13. The third-order valence-corrected chi connectivity index (χ3v) is 11.8. The van der Waals surface area contributed by atoms with Crippen LogP contribution in [-0.4, -0.2) is 0 Å². The molecular weight excluding hydrogens is 733 g/mol. The molecule has 2 aromatic heterocycles. The summed E-state index contributed by atoms with van der Waals surface area (Å²) >= 11 is 0. The molecule has 0 fully saturated rings. The van der Waals surface area contributed by atoms with E-state index >= 15 is 0 Å². The Balaban J connectivity index is 1.05. The Hall–Kier alpha value is -8.08. The van der Waals surface area contributed by atoms with Gasteiger partial charge in [0.05, 0.1) is 0 Å². The van der Waals surface area contributed by atoms with Crippen molar-refractivity contribution >= 4 is 99.5 Å². The van der Waals surface area contributed by atoms with Crippen LogP contribution in [0.4, 0.5) is 34.1 Å². The van der Waals surface area contributed by atoms with E-state index in [0.29, 0.717) is 0 Å². The first-order valence-corrected chi connectivity index (χ1v) is 20.3. The van der Waals surface area contributed by atoms with Gasteiger partial charge in [-0.15, -0.1) is 0 Å². The molecule has 0 aliphatic rings. The summed E-state index contributed by atoms with van der Waals surface area (Å²) in [5.74, 6) is 0. The van der Waals surface area contributed by atoms with Gasteiger partial charge in [0.1, 0.15) is 22.3 Å². The van der Waals surface area contributed by atoms with Crippen molar-refractivity contribution in [2.45, 2.75) is 0 Å². The summed E-state index contributed by atoms with van der Waals surface area (Å²) < 4.78 is 12.8. The van der Waals surface area contributed by atoms with E-state index in [-0.39, 0.29) is 0 Å². The standard InChI is InChI=1S/C56H36N2O2/c1-3-12-37(13-4-1)38-24-27-42(28-25-38)57(41-14-5-2-6-15-41)43-16-11-17-44(33-43)58(46-30-31-49-47-18-7-9-20-53(47)60-56(49)35-46)45-29-26-39-22-23-40-32-55-52(36-51(40)50(39)34-45)48-19-8-10-21-54(48)59-55/h1-36H. The highest BCUT2D eigenvalue weighted by molar-refractivity contribution is 6.17. The molecule has 0 saturated heterocycles. The van der Waals surface area contributed by atoms with E-state index in [1.165, 1.54) is 27.3 Å². The van der Waals surface area contributed by atoms with Crippen molar-refractivity contribution in [3.8, 4) is 11.1 Å². The van der Waals surface area contributed by atoms with Crippen molar-refractivity contribution in [3.05, 3.63) is 218 Å². The molecule has 10 aromatic carbocycles. The zero-order chi connectivity index (χ0) is 39.6. The second-order valence-electron chi connectivity index (χ2n) is 15.4. The van der Waals surface area contributed by atoms with Crippen molar-refractivity contribution < 1.29 is 8.83 Å². The monoisotopic (exact) mass is 768 g/mol. The molecule has 0 unspecified atom stereocenters. The fourth-order valence-electron chi connectivity index (χ4n) is 8.93. The van der Waals surface area contributed by atoms with Crippen molar-refractivity contribution in [2.75, 3.05) is 9.80 Å². The normalized spacial score (nSPS) is 11.7. The van der Waals surface area contributed by atoms with Gasteiger partial charge in [0.15, 0.2) is 0 Å². The number of hydrogen-bond acceptors (Lipinski definition) is 4. The van der Waals surface area contributed by atoms with E-state index in [1.807, 2.05) is 24.3 Å². The largest absolute Gasteiger partial charge is 0.456 e. The highest BCUT2D eigenvalue weighted by Gasteiger charge is 2.20. The van der Waals surface area contributed by atoms with Crippen LogP contribution in [0, 0.1) is 0 Å². The molecule has 60 heavy (non-hydrogen) atoms. The molecule has 0 saturated carbocycles. The van der Waals surface area contributed by atoms with Crippen LogP contribution in [0.1, 0.15) is 0 Å². The molecule has 12 aromatic rings. The number of benzene rings is 10. The minimum Gasteiger partial charge on any atom is -0.456 e. The number of anilines is 6. The molecule has 0 atom stereocenters. The van der Waals surface area contributed by atoms with Crippen molar-refractivity contribution in [1.29, 1.82) is 0 Å². The summed E-state index contributed by atoms with van der Waals surface area (Å²) in [6, 6.07) is 77.6. The molecule has 0 aliphatic carbocycles. The highest BCUT2D eigenvalue weighted by atomic mass is 16.3. The van der Waals surface area contributed by atoms with E-state index < -0.39 is 0 Å². The van der Waals surface area contributed by atoms with Gasteiger partial charge in [-0.3, -0.25) is 0 Å². The molecule has 0 aliphatic heterocycles. The highest BCUT2D eigenvalue weighted by Crippen LogP contribution is 2.44. The molecular formula is C56H36N2O2. The first-order valence-electron chi connectivity index (χ1n) is 20.3. The van der Waals surface area contributed by atoms with Crippen LogP contribution in [-0.2, 0) is 0 Å². The van der Waals surface area contributed by atoms with E-state index in [9.17, 15) is 0 Å². The van der Waals surface area contributed by atoms with Gasteiger partial charge in [0, 0.05) is 61.7 Å². The van der Waals surface area contributed by atoms with E-state index in [2.05, 4.69) is 204 Å². The smallest absolute Gasteiger partial charge is 0.137 e. The molecule has 12 rings (SSSR count). The van der Waals surface area contributed by atoms with Crippen LogP contribution in [0.2, 0.25) is 0 Å². The Kier molecular flexibility index (Phi) is 7.82. The number of hydrogen-bond donors (Lipinski definition) is 0. The summed E-state index contributed by atoms with van der Waals surface area (Å²) in [6.45, 7) is 0. The zero-order valence-corrected chi connectivity index (χ0v) is 32.5. The van der Waals surface area contributed by atoms with E-state index in [0.717, 1.165) is 83.4 Å². The van der Waals surface area contributed by atoms with Gasteiger partial charge in [-0.1, -0.05) is 121 Å². The molecule has 4 nitrogen and oxygen atoms in total. The van der Waals surface area contributed by atoms with Gasteiger partial charge in [-0.05, 0) is 124 Å². The number of nitrogens with zero attached hydrogens (tertiary/aromatic N) is 2. The molecule has 2 heterocycles. The molecule has 282 valence electrons. The quantitative estimate of drug-likeness (QED) is 0.151. The fourth-order valence-corrected chi connectivity index (χ4v) is 8.93. The van der Waals surface area contributed by atoms with Gasteiger partial charge < -0.3 is 18.6 Å². The lowest BCUT2D eigenvalue weighted by Gasteiger charge is -2.29.